The van der Waals surface area contributed by atoms with Crippen LogP contribution in [0, 0.1) is 0 Å². The molecule has 3 rings (SSSR count). The first-order valence-corrected chi connectivity index (χ1v) is 6.44. The highest BCUT2D eigenvalue weighted by Crippen LogP contribution is 2.34. The molecular weight excluding hydrogens is 264 g/mol. The Bertz CT molecular complexity index is 508. The summed E-state index contributed by atoms with van der Waals surface area (Å²) in [7, 11) is 0. The number of nitrogens with zero attached hydrogens (tertiary/aromatic N) is 1. The molecule has 1 atom stereocenters. The van der Waals surface area contributed by atoms with Crippen molar-refractivity contribution in [2.75, 3.05) is 38.5 Å². The normalized spacial score (nSPS) is 20.9. The molecule has 0 aliphatic carbocycles. The highest BCUT2D eigenvalue weighted by atomic mass is 16.7. The fourth-order valence-corrected chi connectivity index (χ4v) is 2.24. The number of amides is 2. The standard InChI is InChI=1S/C13H16N2O5/c16-6-10-7-18-4-3-15(10)13(17)14-9-1-2-11-12(5-9)20-8-19-11/h1-2,5,10,16H,3-4,6-8H2,(H,14,17). The van der Waals surface area contributed by atoms with Crippen molar-refractivity contribution < 1.29 is 24.1 Å². The second kappa shape index (κ2) is 5.56. The number of carbonyl (C=O) groups is 1. The fraction of sp³-hybridized carbons (Fsp3) is 0.462. The SMILES string of the molecule is O=C(Nc1ccc2c(c1)OCO2)N1CCOCC1CO. The molecule has 2 N–H and O–H groups in total. The van der Waals surface area contributed by atoms with Crippen molar-refractivity contribution in [1.82, 2.24) is 4.90 Å². The topological polar surface area (TPSA) is 80.3 Å². The van der Waals surface area contributed by atoms with Crippen LogP contribution in [-0.2, 0) is 4.74 Å². The van der Waals surface area contributed by atoms with Gasteiger partial charge in [0.25, 0.3) is 0 Å². The predicted octanol–water partition coefficient (Wildman–Crippen LogP) is 0.640. The zero-order valence-electron chi connectivity index (χ0n) is 10.9. The van der Waals surface area contributed by atoms with E-state index in [1.165, 1.54) is 0 Å². The van der Waals surface area contributed by atoms with Crippen LogP contribution in [0.3, 0.4) is 0 Å². The molecule has 2 aliphatic rings. The van der Waals surface area contributed by atoms with Crippen molar-refractivity contribution in [3.05, 3.63) is 18.2 Å². The highest BCUT2D eigenvalue weighted by molar-refractivity contribution is 5.90. The molecular formula is C13H16N2O5. The van der Waals surface area contributed by atoms with Gasteiger partial charge in [-0.15, -0.1) is 0 Å². The maximum absolute atomic E-state index is 12.2. The number of rotatable bonds is 2. The van der Waals surface area contributed by atoms with E-state index in [-0.39, 0.29) is 25.5 Å². The number of urea groups is 1. The van der Waals surface area contributed by atoms with Crippen LogP contribution in [-0.4, -0.2) is 55.2 Å². The number of carbonyl (C=O) groups excluding carboxylic acids is 1. The molecule has 2 heterocycles. The van der Waals surface area contributed by atoms with E-state index < -0.39 is 0 Å². The Morgan fingerprint density at radius 3 is 3.10 bits per heavy atom. The molecule has 1 aromatic carbocycles. The summed E-state index contributed by atoms with van der Waals surface area (Å²) in [5.41, 5.74) is 0.627. The molecule has 1 fully saturated rings. The van der Waals surface area contributed by atoms with Gasteiger partial charge in [0.2, 0.25) is 6.79 Å². The third-order valence-electron chi connectivity index (χ3n) is 3.32. The molecule has 0 radical (unpaired) electrons. The molecule has 20 heavy (non-hydrogen) atoms. The second-order valence-electron chi connectivity index (χ2n) is 4.60. The summed E-state index contributed by atoms with van der Waals surface area (Å²) in [4.78, 5) is 13.8. The lowest BCUT2D eigenvalue weighted by atomic mass is 10.2. The van der Waals surface area contributed by atoms with Crippen LogP contribution in [0.4, 0.5) is 10.5 Å². The molecule has 2 aliphatic heterocycles. The van der Waals surface area contributed by atoms with Crippen LogP contribution in [0.25, 0.3) is 0 Å². The third kappa shape index (κ3) is 2.50. The number of morpholine rings is 1. The van der Waals surface area contributed by atoms with Gasteiger partial charge < -0.3 is 29.5 Å². The maximum atomic E-state index is 12.2. The smallest absolute Gasteiger partial charge is 0.322 e. The molecule has 1 unspecified atom stereocenters. The summed E-state index contributed by atoms with van der Waals surface area (Å²) in [5, 5.41) is 12.1. The zero-order chi connectivity index (χ0) is 13.9. The van der Waals surface area contributed by atoms with Crippen molar-refractivity contribution in [3.63, 3.8) is 0 Å². The van der Waals surface area contributed by atoms with Crippen molar-refractivity contribution in [2.24, 2.45) is 0 Å². The molecule has 0 aromatic heterocycles. The van der Waals surface area contributed by atoms with Gasteiger partial charge in [-0.3, -0.25) is 0 Å². The molecule has 1 saturated heterocycles. The lowest BCUT2D eigenvalue weighted by molar-refractivity contribution is -0.00485. The van der Waals surface area contributed by atoms with Gasteiger partial charge in [0.1, 0.15) is 0 Å². The van der Waals surface area contributed by atoms with Gasteiger partial charge in [-0.25, -0.2) is 4.79 Å². The van der Waals surface area contributed by atoms with E-state index in [4.69, 9.17) is 14.2 Å². The Morgan fingerprint density at radius 1 is 1.40 bits per heavy atom. The maximum Gasteiger partial charge on any atom is 0.322 e. The van der Waals surface area contributed by atoms with Crippen LogP contribution in [0.2, 0.25) is 0 Å². The van der Waals surface area contributed by atoms with Gasteiger partial charge in [-0.05, 0) is 12.1 Å². The molecule has 0 bridgehead atoms. The van der Waals surface area contributed by atoms with Gasteiger partial charge in [0, 0.05) is 18.3 Å². The van der Waals surface area contributed by atoms with Crippen molar-refractivity contribution >= 4 is 11.7 Å². The monoisotopic (exact) mass is 280 g/mol. The molecule has 0 saturated carbocycles. The van der Waals surface area contributed by atoms with Crippen molar-refractivity contribution in [1.29, 1.82) is 0 Å². The number of ether oxygens (including phenoxy) is 3. The van der Waals surface area contributed by atoms with Gasteiger partial charge in [0.15, 0.2) is 11.5 Å². The third-order valence-corrected chi connectivity index (χ3v) is 3.32. The largest absolute Gasteiger partial charge is 0.454 e. The molecule has 1 aromatic rings. The number of hydrogen-bond acceptors (Lipinski definition) is 5. The number of aliphatic hydroxyl groups excluding tert-OH is 1. The summed E-state index contributed by atoms with van der Waals surface area (Å²) >= 11 is 0. The van der Waals surface area contributed by atoms with Gasteiger partial charge >= 0.3 is 6.03 Å². The van der Waals surface area contributed by atoms with E-state index in [0.717, 1.165) is 0 Å². The number of benzene rings is 1. The van der Waals surface area contributed by atoms with Crippen LogP contribution in [0.15, 0.2) is 18.2 Å². The first-order chi connectivity index (χ1) is 9.78. The van der Waals surface area contributed by atoms with Crippen LogP contribution >= 0.6 is 0 Å². The zero-order valence-corrected chi connectivity index (χ0v) is 10.9. The average molecular weight is 280 g/mol. The number of fused-ring (bicyclic) bond motifs is 1. The Kier molecular flexibility index (Phi) is 3.62. The van der Waals surface area contributed by atoms with E-state index in [0.29, 0.717) is 36.9 Å². The quantitative estimate of drug-likeness (QED) is 0.831. The second-order valence-corrected chi connectivity index (χ2v) is 4.60. The summed E-state index contributed by atoms with van der Waals surface area (Å²) in [5.74, 6) is 1.28. The van der Waals surface area contributed by atoms with E-state index in [9.17, 15) is 9.90 Å². The average Bonchev–Trinajstić information content (AvgIpc) is 2.94. The van der Waals surface area contributed by atoms with E-state index in [2.05, 4.69) is 5.32 Å². The van der Waals surface area contributed by atoms with E-state index >= 15 is 0 Å². The van der Waals surface area contributed by atoms with Crippen LogP contribution in [0.5, 0.6) is 11.5 Å². The van der Waals surface area contributed by atoms with Gasteiger partial charge in [-0.1, -0.05) is 0 Å². The van der Waals surface area contributed by atoms with Crippen LogP contribution in [0.1, 0.15) is 0 Å². The first-order valence-electron chi connectivity index (χ1n) is 6.44. The predicted molar refractivity (Wildman–Crippen MR) is 70.0 cm³/mol. The molecule has 0 spiro atoms. The van der Waals surface area contributed by atoms with E-state index in [1.807, 2.05) is 0 Å². The molecule has 7 heteroatoms. The number of hydrogen-bond donors (Lipinski definition) is 2. The summed E-state index contributed by atoms with van der Waals surface area (Å²) < 4.78 is 15.7. The number of nitrogens with one attached hydrogen (secondary N) is 1. The molecule has 7 nitrogen and oxygen atoms in total. The van der Waals surface area contributed by atoms with Gasteiger partial charge in [0.05, 0.1) is 25.9 Å². The summed E-state index contributed by atoms with van der Waals surface area (Å²) in [6, 6.07) is 4.65. The first kappa shape index (κ1) is 13.0. The Hall–Kier alpha value is -1.99. The van der Waals surface area contributed by atoms with Crippen molar-refractivity contribution in [2.45, 2.75) is 6.04 Å². The summed E-state index contributed by atoms with van der Waals surface area (Å²) in [6.07, 6.45) is 0. The Labute approximate surface area is 116 Å². The fourth-order valence-electron chi connectivity index (χ4n) is 2.24. The molecule has 108 valence electrons. The number of anilines is 1. The Morgan fingerprint density at radius 2 is 2.25 bits per heavy atom. The molecule has 2 amide bonds. The lowest BCUT2D eigenvalue weighted by Crippen LogP contribution is -2.52. The minimum Gasteiger partial charge on any atom is -0.454 e. The Balaban J connectivity index is 1.69. The highest BCUT2D eigenvalue weighted by Gasteiger charge is 2.27. The minimum atomic E-state index is -0.308. The summed E-state index contributed by atoms with van der Waals surface area (Å²) in [6.45, 7) is 1.37. The minimum absolute atomic E-state index is 0.117. The van der Waals surface area contributed by atoms with Crippen molar-refractivity contribution in [3.8, 4) is 11.5 Å². The lowest BCUT2D eigenvalue weighted by Gasteiger charge is -2.34. The van der Waals surface area contributed by atoms with Gasteiger partial charge in [-0.2, -0.15) is 0 Å². The number of aliphatic hydroxyl groups is 1. The van der Waals surface area contributed by atoms with Crippen LogP contribution < -0.4 is 14.8 Å². The van der Waals surface area contributed by atoms with E-state index in [1.54, 1.807) is 23.1 Å².